The van der Waals surface area contributed by atoms with E-state index in [1.807, 2.05) is 24.3 Å². The van der Waals surface area contributed by atoms with E-state index in [0.29, 0.717) is 19.4 Å². The Bertz CT molecular complexity index is 596. The van der Waals surface area contributed by atoms with E-state index in [-0.39, 0.29) is 17.9 Å². The molecule has 0 bridgehead atoms. The van der Waals surface area contributed by atoms with Gasteiger partial charge in [-0.2, -0.15) is 0 Å². The molecule has 2 aliphatic rings. The van der Waals surface area contributed by atoms with Crippen LogP contribution >= 0.6 is 0 Å². The van der Waals surface area contributed by atoms with Crippen molar-refractivity contribution in [3.05, 3.63) is 42.0 Å². The molecule has 1 aliphatic heterocycles. The Morgan fingerprint density at radius 1 is 1.24 bits per heavy atom. The van der Waals surface area contributed by atoms with Crippen molar-refractivity contribution in [2.45, 2.75) is 18.9 Å². The summed E-state index contributed by atoms with van der Waals surface area (Å²) in [6.45, 7) is 0.363. The molecular formula is C16H17NO4. The molecule has 0 radical (unpaired) electrons. The minimum absolute atomic E-state index is 0.0785. The van der Waals surface area contributed by atoms with Crippen LogP contribution in [0, 0.1) is 11.8 Å². The van der Waals surface area contributed by atoms with E-state index < -0.39 is 11.9 Å². The number of carbonyl (C=O) groups is 2. The first-order valence-electron chi connectivity index (χ1n) is 7.05. The lowest BCUT2D eigenvalue weighted by molar-refractivity contribution is -0.140. The van der Waals surface area contributed by atoms with E-state index in [1.54, 1.807) is 12.2 Å². The lowest BCUT2D eigenvalue weighted by Gasteiger charge is -2.25. The molecule has 1 heterocycles. The third-order valence-corrected chi connectivity index (χ3v) is 3.98. The number of rotatable bonds is 3. The number of carboxylic acids is 1. The van der Waals surface area contributed by atoms with E-state index in [2.05, 4.69) is 5.32 Å². The zero-order chi connectivity index (χ0) is 14.8. The Morgan fingerprint density at radius 3 is 2.81 bits per heavy atom. The molecule has 3 atom stereocenters. The zero-order valence-electron chi connectivity index (χ0n) is 11.5. The number of carbonyl (C=O) groups excluding carboxylic acids is 1. The van der Waals surface area contributed by atoms with Crippen LogP contribution in [0.1, 0.15) is 12.0 Å². The fourth-order valence-electron chi connectivity index (χ4n) is 2.79. The van der Waals surface area contributed by atoms with Crippen molar-refractivity contribution in [2.75, 3.05) is 6.61 Å². The number of fused-ring (bicyclic) bond motifs is 1. The number of aliphatic carboxylic acids is 1. The predicted molar refractivity (Wildman–Crippen MR) is 75.9 cm³/mol. The molecule has 2 N–H and O–H groups in total. The lowest BCUT2D eigenvalue weighted by atomic mass is 9.95. The Kier molecular flexibility index (Phi) is 3.64. The van der Waals surface area contributed by atoms with Gasteiger partial charge in [0.2, 0.25) is 5.91 Å². The second-order valence-corrected chi connectivity index (χ2v) is 5.50. The van der Waals surface area contributed by atoms with Crippen LogP contribution in [0.2, 0.25) is 0 Å². The molecule has 3 rings (SSSR count). The summed E-state index contributed by atoms with van der Waals surface area (Å²) in [5.74, 6) is -0.813. The van der Waals surface area contributed by atoms with Crippen LogP contribution in [-0.4, -0.2) is 29.6 Å². The molecule has 0 saturated heterocycles. The highest BCUT2D eigenvalue weighted by Crippen LogP contribution is 2.27. The van der Waals surface area contributed by atoms with Crippen LogP contribution in [0.4, 0.5) is 0 Å². The first-order chi connectivity index (χ1) is 10.1. The number of hydrogen-bond acceptors (Lipinski definition) is 3. The highest BCUT2D eigenvalue weighted by molar-refractivity contribution is 5.80. The van der Waals surface area contributed by atoms with Gasteiger partial charge in [-0.25, -0.2) is 0 Å². The highest BCUT2D eigenvalue weighted by atomic mass is 16.5. The minimum atomic E-state index is -0.849. The maximum atomic E-state index is 12.3. The number of hydrogen-bond donors (Lipinski definition) is 2. The minimum Gasteiger partial charge on any atom is -0.492 e. The Morgan fingerprint density at radius 2 is 2.05 bits per heavy atom. The molecular weight excluding hydrogens is 270 g/mol. The Hall–Kier alpha value is -2.30. The van der Waals surface area contributed by atoms with Crippen LogP contribution in [-0.2, 0) is 16.0 Å². The first-order valence-corrected chi connectivity index (χ1v) is 7.05. The van der Waals surface area contributed by atoms with Gasteiger partial charge in [0, 0.05) is 6.04 Å². The molecule has 0 saturated carbocycles. The van der Waals surface area contributed by atoms with Crippen molar-refractivity contribution in [3.63, 3.8) is 0 Å². The second-order valence-electron chi connectivity index (χ2n) is 5.50. The topological polar surface area (TPSA) is 75.6 Å². The third kappa shape index (κ3) is 2.91. The van der Waals surface area contributed by atoms with E-state index in [1.165, 1.54) is 0 Å². The molecule has 21 heavy (non-hydrogen) atoms. The van der Waals surface area contributed by atoms with Gasteiger partial charge in [-0.15, -0.1) is 0 Å². The highest BCUT2D eigenvalue weighted by Gasteiger charge is 2.30. The first kappa shape index (κ1) is 13.7. The van der Waals surface area contributed by atoms with Crippen LogP contribution in [0.5, 0.6) is 5.75 Å². The number of amides is 1. The summed E-state index contributed by atoms with van der Waals surface area (Å²) in [5.41, 5.74) is 1.04. The quantitative estimate of drug-likeness (QED) is 0.824. The molecule has 0 aromatic heterocycles. The van der Waals surface area contributed by atoms with Gasteiger partial charge in [0.25, 0.3) is 0 Å². The standard InChI is InChI=1S/C16H17NO4/c18-15(17-13-6-5-11(8-13)16(19)20)12-7-10-3-1-2-4-14(10)21-9-12/h1-6,11-13H,7-9H2,(H,17,18)(H,19,20). The van der Waals surface area contributed by atoms with Gasteiger partial charge in [-0.3, -0.25) is 9.59 Å². The summed E-state index contributed by atoms with van der Waals surface area (Å²) in [6.07, 6.45) is 4.47. The summed E-state index contributed by atoms with van der Waals surface area (Å²) in [6, 6.07) is 7.51. The van der Waals surface area contributed by atoms with E-state index in [9.17, 15) is 9.59 Å². The van der Waals surface area contributed by atoms with E-state index >= 15 is 0 Å². The fraction of sp³-hybridized carbons (Fsp3) is 0.375. The number of carboxylic acid groups (broad SMARTS) is 1. The van der Waals surface area contributed by atoms with Gasteiger partial charge in [-0.05, 0) is 24.5 Å². The molecule has 1 amide bonds. The summed E-state index contributed by atoms with van der Waals surface area (Å²) in [7, 11) is 0. The molecule has 110 valence electrons. The molecule has 0 spiro atoms. The summed E-state index contributed by atoms with van der Waals surface area (Å²) < 4.78 is 5.61. The predicted octanol–water partition coefficient (Wildman–Crippen LogP) is 1.38. The summed E-state index contributed by atoms with van der Waals surface area (Å²) in [5, 5.41) is 11.8. The second kappa shape index (κ2) is 5.60. The average Bonchev–Trinajstić information content (AvgIpc) is 2.95. The number of ether oxygens (including phenoxy) is 1. The monoisotopic (exact) mass is 287 g/mol. The SMILES string of the molecule is O=C(O)C1C=CC(NC(=O)C2COc3ccccc3C2)C1. The third-order valence-electron chi connectivity index (χ3n) is 3.98. The van der Waals surface area contributed by atoms with Crippen molar-refractivity contribution >= 4 is 11.9 Å². The molecule has 5 nitrogen and oxygen atoms in total. The maximum Gasteiger partial charge on any atom is 0.310 e. The van der Waals surface area contributed by atoms with Gasteiger partial charge in [0.05, 0.1) is 11.8 Å². The molecule has 1 aliphatic carbocycles. The Labute approximate surface area is 122 Å². The lowest BCUT2D eigenvalue weighted by Crippen LogP contribution is -2.41. The molecule has 1 aromatic rings. The van der Waals surface area contributed by atoms with Gasteiger partial charge in [0.1, 0.15) is 12.4 Å². The number of nitrogens with one attached hydrogen (secondary N) is 1. The number of benzene rings is 1. The van der Waals surface area contributed by atoms with Crippen LogP contribution in [0.25, 0.3) is 0 Å². The van der Waals surface area contributed by atoms with E-state index in [0.717, 1.165) is 11.3 Å². The van der Waals surface area contributed by atoms with Crippen molar-refractivity contribution in [2.24, 2.45) is 11.8 Å². The number of para-hydroxylation sites is 1. The normalized spacial score (nSPS) is 26.8. The molecule has 5 heteroatoms. The maximum absolute atomic E-state index is 12.3. The van der Waals surface area contributed by atoms with Crippen LogP contribution < -0.4 is 10.1 Å². The van der Waals surface area contributed by atoms with Crippen LogP contribution in [0.3, 0.4) is 0 Å². The van der Waals surface area contributed by atoms with Gasteiger partial charge in [-0.1, -0.05) is 30.4 Å². The summed E-state index contributed by atoms with van der Waals surface area (Å²) in [4.78, 5) is 23.2. The van der Waals surface area contributed by atoms with Gasteiger partial charge in [0.15, 0.2) is 0 Å². The molecule has 0 fully saturated rings. The van der Waals surface area contributed by atoms with Gasteiger partial charge >= 0.3 is 5.97 Å². The smallest absolute Gasteiger partial charge is 0.310 e. The zero-order valence-corrected chi connectivity index (χ0v) is 11.5. The largest absolute Gasteiger partial charge is 0.492 e. The summed E-state index contributed by atoms with van der Waals surface area (Å²) >= 11 is 0. The van der Waals surface area contributed by atoms with Crippen molar-refractivity contribution in [1.29, 1.82) is 0 Å². The molecule has 3 unspecified atom stereocenters. The average molecular weight is 287 g/mol. The van der Waals surface area contributed by atoms with Crippen molar-refractivity contribution in [3.8, 4) is 5.75 Å². The van der Waals surface area contributed by atoms with Gasteiger partial charge < -0.3 is 15.2 Å². The Balaban J connectivity index is 1.58. The molecule has 1 aromatic carbocycles. The van der Waals surface area contributed by atoms with Crippen molar-refractivity contribution in [1.82, 2.24) is 5.32 Å². The van der Waals surface area contributed by atoms with Crippen molar-refractivity contribution < 1.29 is 19.4 Å². The van der Waals surface area contributed by atoms with Crippen LogP contribution in [0.15, 0.2) is 36.4 Å². The van der Waals surface area contributed by atoms with E-state index in [4.69, 9.17) is 9.84 Å². The fourth-order valence-corrected chi connectivity index (χ4v) is 2.79.